The van der Waals surface area contributed by atoms with Gasteiger partial charge in [-0.15, -0.1) is 0 Å². The van der Waals surface area contributed by atoms with E-state index in [1.807, 2.05) is 18.2 Å². The standard InChI is InChI=1S/C21H24N4O5/c26-19(23-12-16(24-21(29)30)2-1-9-22-20(27)28)18-11-15-8-7-14(10-17(15)25-18)6-5-13-3-4-13/h7-8,10-11,13,16,22,24-25H,1-4,9,12H2,(H,23,26)(H,27,28)(H,29,30). The lowest BCUT2D eigenvalue weighted by atomic mass is 10.1. The van der Waals surface area contributed by atoms with Gasteiger partial charge < -0.3 is 31.1 Å². The molecule has 0 bridgehead atoms. The minimum atomic E-state index is -1.20. The predicted octanol–water partition coefficient (Wildman–Crippen LogP) is 2.34. The molecule has 158 valence electrons. The Morgan fingerprint density at radius 3 is 2.63 bits per heavy atom. The lowest BCUT2D eigenvalue weighted by Gasteiger charge is -2.17. The summed E-state index contributed by atoms with van der Waals surface area (Å²) in [5.74, 6) is 6.52. The van der Waals surface area contributed by atoms with E-state index in [1.54, 1.807) is 6.07 Å². The molecule has 6 N–H and O–H groups in total. The third kappa shape index (κ3) is 6.44. The quantitative estimate of drug-likeness (QED) is 0.291. The van der Waals surface area contributed by atoms with Crippen LogP contribution in [0.15, 0.2) is 24.3 Å². The Labute approximate surface area is 173 Å². The van der Waals surface area contributed by atoms with E-state index >= 15 is 0 Å². The molecule has 0 spiro atoms. The monoisotopic (exact) mass is 412 g/mol. The van der Waals surface area contributed by atoms with Gasteiger partial charge in [-0.1, -0.05) is 17.9 Å². The Morgan fingerprint density at radius 1 is 1.13 bits per heavy atom. The largest absolute Gasteiger partial charge is 0.465 e. The fraction of sp³-hybridized carbons (Fsp3) is 0.381. The van der Waals surface area contributed by atoms with Gasteiger partial charge in [0.05, 0.1) is 0 Å². The van der Waals surface area contributed by atoms with Gasteiger partial charge in [-0.2, -0.15) is 0 Å². The highest BCUT2D eigenvalue weighted by Gasteiger charge is 2.18. The van der Waals surface area contributed by atoms with E-state index < -0.39 is 18.2 Å². The van der Waals surface area contributed by atoms with E-state index in [0.29, 0.717) is 24.5 Å². The van der Waals surface area contributed by atoms with E-state index in [1.165, 1.54) is 0 Å². The van der Waals surface area contributed by atoms with Crippen molar-refractivity contribution in [3.05, 3.63) is 35.5 Å². The van der Waals surface area contributed by atoms with Gasteiger partial charge in [0.2, 0.25) is 0 Å². The normalized spacial score (nSPS) is 13.7. The lowest BCUT2D eigenvalue weighted by molar-refractivity contribution is 0.0943. The number of carbonyl (C=O) groups excluding carboxylic acids is 1. The Morgan fingerprint density at radius 2 is 1.93 bits per heavy atom. The van der Waals surface area contributed by atoms with E-state index in [9.17, 15) is 14.4 Å². The first kappa shape index (κ1) is 21.0. The van der Waals surface area contributed by atoms with Gasteiger partial charge in [0.1, 0.15) is 5.69 Å². The summed E-state index contributed by atoms with van der Waals surface area (Å²) < 4.78 is 0. The summed E-state index contributed by atoms with van der Waals surface area (Å²) in [5.41, 5.74) is 2.07. The highest BCUT2D eigenvalue weighted by Crippen LogP contribution is 2.27. The van der Waals surface area contributed by atoms with Crippen molar-refractivity contribution >= 4 is 29.0 Å². The highest BCUT2D eigenvalue weighted by atomic mass is 16.4. The van der Waals surface area contributed by atoms with Crippen LogP contribution in [0.2, 0.25) is 0 Å². The van der Waals surface area contributed by atoms with Crippen molar-refractivity contribution in [2.45, 2.75) is 31.7 Å². The van der Waals surface area contributed by atoms with Crippen molar-refractivity contribution in [2.75, 3.05) is 13.1 Å². The van der Waals surface area contributed by atoms with Crippen LogP contribution < -0.4 is 16.0 Å². The van der Waals surface area contributed by atoms with Gasteiger partial charge >= 0.3 is 12.2 Å². The molecule has 1 heterocycles. The number of benzene rings is 1. The fourth-order valence-electron chi connectivity index (χ4n) is 2.99. The van der Waals surface area contributed by atoms with Crippen LogP contribution in [0.4, 0.5) is 9.59 Å². The number of amides is 3. The Kier molecular flexibility index (Phi) is 6.80. The molecule has 1 atom stereocenters. The highest BCUT2D eigenvalue weighted by molar-refractivity contribution is 5.98. The first-order chi connectivity index (χ1) is 14.4. The number of hydrogen-bond acceptors (Lipinski definition) is 3. The number of H-pyrrole nitrogens is 1. The first-order valence-electron chi connectivity index (χ1n) is 9.79. The molecule has 1 aromatic carbocycles. The summed E-state index contributed by atoms with van der Waals surface area (Å²) in [6.45, 7) is 0.292. The zero-order valence-corrected chi connectivity index (χ0v) is 16.3. The third-order valence-electron chi connectivity index (χ3n) is 4.71. The maximum Gasteiger partial charge on any atom is 0.404 e. The molecule has 2 aromatic rings. The second kappa shape index (κ2) is 9.69. The third-order valence-corrected chi connectivity index (χ3v) is 4.71. The predicted molar refractivity (Wildman–Crippen MR) is 110 cm³/mol. The van der Waals surface area contributed by atoms with Crippen molar-refractivity contribution in [1.29, 1.82) is 0 Å². The molecular formula is C21H24N4O5. The maximum atomic E-state index is 12.5. The minimum Gasteiger partial charge on any atom is -0.465 e. The molecule has 9 heteroatoms. The zero-order valence-electron chi connectivity index (χ0n) is 16.3. The summed E-state index contributed by atoms with van der Waals surface area (Å²) in [4.78, 5) is 37.0. The molecule has 1 unspecified atom stereocenters. The molecule has 30 heavy (non-hydrogen) atoms. The molecule has 9 nitrogen and oxygen atoms in total. The zero-order chi connectivity index (χ0) is 21.5. The molecule has 1 aliphatic carbocycles. The van der Waals surface area contributed by atoms with Crippen molar-refractivity contribution < 1.29 is 24.6 Å². The van der Waals surface area contributed by atoms with Crippen LogP contribution in [0.1, 0.15) is 41.7 Å². The molecule has 3 rings (SSSR count). The second-order valence-corrected chi connectivity index (χ2v) is 7.26. The second-order valence-electron chi connectivity index (χ2n) is 7.26. The topological polar surface area (TPSA) is 144 Å². The molecule has 1 aliphatic rings. The summed E-state index contributed by atoms with van der Waals surface area (Å²) in [7, 11) is 0. The molecule has 1 saturated carbocycles. The van der Waals surface area contributed by atoms with Crippen LogP contribution in [0.3, 0.4) is 0 Å². The van der Waals surface area contributed by atoms with Gasteiger partial charge in [0, 0.05) is 41.5 Å². The summed E-state index contributed by atoms with van der Waals surface area (Å²) in [6, 6.07) is 6.94. The van der Waals surface area contributed by atoms with E-state index in [4.69, 9.17) is 10.2 Å². The summed E-state index contributed by atoms with van der Waals surface area (Å²) in [6.07, 6.45) is 0.802. The minimum absolute atomic E-state index is 0.0890. The van der Waals surface area contributed by atoms with E-state index in [2.05, 4.69) is 32.8 Å². The molecule has 0 saturated heterocycles. The molecular weight excluding hydrogens is 388 g/mol. The fourth-order valence-corrected chi connectivity index (χ4v) is 2.99. The number of carboxylic acid groups (broad SMARTS) is 2. The number of nitrogens with one attached hydrogen (secondary N) is 4. The number of hydrogen-bond donors (Lipinski definition) is 6. The van der Waals surface area contributed by atoms with Gasteiger partial charge in [-0.05, 0) is 43.9 Å². The van der Waals surface area contributed by atoms with E-state index in [-0.39, 0.29) is 19.0 Å². The molecule has 1 aromatic heterocycles. The maximum absolute atomic E-state index is 12.5. The smallest absolute Gasteiger partial charge is 0.404 e. The Hall–Kier alpha value is -3.67. The molecule has 0 aliphatic heterocycles. The van der Waals surface area contributed by atoms with Crippen molar-refractivity contribution in [1.82, 2.24) is 20.9 Å². The van der Waals surface area contributed by atoms with Crippen LogP contribution in [-0.4, -0.2) is 52.4 Å². The van der Waals surface area contributed by atoms with Crippen LogP contribution in [0.25, 0.3) is 10.9 Å². The van der Waals surface area contributed by atoms with Crippen LogP contribution in [0, 0.1) is 17.8 Å². The van der Waals surface area contributed by atoms with Crippen LogP contribution in [-0.2, 0) is 0 Å². The Bertz CT molecular complexity index is 1000. The first-order valence-corrected chi connectivity index (χ1v) is 9.79. The van der Waals surface area contributed by atoms with Gasteiger partial charge in [0.25, 0.3) is 5.91 Å². The van der Waals surface area contributed by atoms with Crippen molar-refractivity contribution in [2.24, 2.45) is 5.92 Å². The van der Waals surface area contributed by atoms with Gasteiger partial charge in [-0.25, -0.2) is 9.59 Å². The molecule has 3 amide bonds. The SMILES string of the molecule is O=C(O)NCCCC(CNC(=O)c1cc2ccc(C#CC3CC3)cc2[nH]1)NC(=O)O. The average Bonchev–Trinajstić information content (AvgIpc) is 3.43. The summed E-state index contributed by atoms with van der Waals surface area (Å²) in [5, 5.41) is 25.7. The number of rotatable bonds is 8. The van der Waals surface area contributed by atoms with Gasteiger partial charge in [-0.3, -0.25) is 4.79 Å². The number of fused-ring (bicyclic) bond motifs is 1. The number of aromatic amines is 1. The Balaban J connectivity index is 1.57. The van der Waals surface area contributed by atoms with Crippen molar-refractivity contribution in [3.63, 3.8) is 0 Å². The number of aromatic nitrogens is 1. The van der Waals surface area contributed by atoms with E-state index in [0.717, 1.165) is 29.3 Å². The van der Waals surface area contributed by atoms with Crippen LogP contribution >= 0.6 is 0 Å². The van der Waals surface area contributed by atoms with Crippen molar-refractivity contribution in [3.8, 4) is 11.8 Å². The molecule has 0 radical (unpaired) electrons. The van der Waals surface area contributed by atoms with Crippen LogP contribution in [0.5, 0.6) is 0 Å². The summed E-state index contributed by atoms with van der Waals surface area (Å²) >= 11 is 0. The van der Waals surface area contributed by atoms with Gasteiger partial charge in [0.15, 0.2) is 0 Å². The molecule has 1 fully saturated rings. The lowest BCUT2D eigenvalue weighted by Crippen LogP contribution is -2.43. The number of carbonyl (C=O) groups is 3. The average molecular weight is 412 g/mol.